The number of ketones is 1. The van der Waals surface area contributed by atoms with Crippen LogP contribution < -0.4 is 0 Å². The lowest BCUT2D eigenvalue weighted by molar-refractivity contribution is -0.120. The van der Waals surface area contributed by atoms with E-state index < -0.39 is 5.92 Å². The third kappa shape index (κ3) is 3.26. The van der Waals surface area contributed by atoms with E-state index in [1.165, 1.54) is 0 Å². The Morgan fingerprint density at radius 2 is 1.85 bits per heavy atom. The lowest BCUT2D eigenvalue weighted by Crippen LogP contribution is -2.18. The molecule has 0 saturated heterocycles. The van der Waals surface area contributed by atoms with Gasteiger partial charge in [-0.25, -0.2) is 0 Å². The molecule has 0 bridgehead atoms. The molecule has 130 valence electrons. The van der Waals surface area contributed by atoms with Crippen LogP contribution >= 0.6 is 22.9 Å². The molecule has 2 nitrogen and oxygen atoms in total. The van der Waals surface area contributed by atoms with Crippen molar-refractivity contribution in [1.29, 1.82) is 0 Å². The van der Waals surface area contributed by atoms with Gasteiger partial charge in [0.2, 0.25) is 0 Å². The number of Topliss-reactive ketones (excluding diaryl/α,β-unsaturated/α-hetero) is 1. The van der Waals surface area contributed by atoms with Crippen molar-refractivity contribution >= 4 is 49.6 Å². The van der Waals surface area contributed by atoms with Gasteiger partial charge in [0, 0.05) is 16.1 Å². The topological polar surface area (TPSA) is 37.3 Å². The van der Waals surface area contributed by atoms with Crippen LogP contribution in [0.2, 0.25) is 5.02 Å². The second-order valence-electron chi connectivity index (χ2n) is 6.39. The molecule has 26 heavy (non-hydrogen) atoms. The van der Waals surface area contributed by atoms with E-state index in [0.717, 1.165) is 32.0 Å². The molecule has 1 N–H and O–H groups in total. The third-order valence-electron chi connectivity index (χ3n) is 4.70. The molecule has 4 aromatic rings. The van der Waals surface area contributed by atoms with Gasteiger partial charge in [-0.05, 0) is 50.9 Å². The first-order valence-corrected chi connectivity index (χ1v) is 9.69. The van der Waals surface area contributed by atoms with Crippen LogP contribution in [0.15, 0.2) is 66.0 Å². The lowest BCUT2D eigenvalue weighted by atomic mass is 9.91. The zero-order valence-electron chi connectivity index (χ0n) is 14.0. The van der Waals surface area contributed by atoms with Crippen LogP contribution in [0.3, 0.4) is 0 Å². The van der Waals surface area contributed by atoms with E-state index in [4.69, 9.17) is 11.6 Å². The minimum absolute atomic E-state index is 0.0162. The zero-order valence-corrected chi connectivity index (χ0v) is 15.6. The number of fused-ring (bicyclic) bond motifs is 2. The quantitative estimate of drug-likeness (QED) is 0.489. The zero-order chi connectivity index (χ0) is 18.1. The minimum atomic E-state index is -0.534. The van der Waals surface area contributed by atoms with Crippen LogP contribution in [-0.2, 0) is 11.2 Å². The molecule has 0 amide bonds. The summed E-state index contributed by atoms with van der Waals surface area (Å²) in [6, 6.07) is 19.8. The Balaban J connectivity index is 1.64. The summed E-state index contributed by atoms with van der Waals surface area (Å²) >= 11 is 7.69. The standard InChI is InChI=1S/C22H17ClO2S/c23-17-7-8-22-18(11-17)20(13-26-22)19(12-24)21(25)10-14-5-6-15-3-1-2-4-16(15)9-14/h1-9,11,13,19,24H,10,12H2. The molecule has 0 saturated carbocycles. The molecule has 0 aliphatic rings. The van der Waals surface area contributed by atoms with Gasteiger partial charge in [-0.1, -0.05) is 54.1 Å². The summed E-state index contributed by atoms with van der Waals surface area (Å²) in [4.78, 5) is 12.9. The van der Waals surface area contributed by atoms with Crippen molar-refractivity contribution in [3.05, 3.63) is 82.2 Å². The van der Waals surface area contributed by atoms with Crippen LogP contribution in [0.1, 0.15) is 17.0 Å². The van der Waals surface area contributed by atoms with Crippen molar-refractivity contribution in [1.82, 2.24) is 0 Å². The Kier molecular flexibility index (Phi) is 4.77. The lowest BCUT2D eigenvalue weighted by Gasteiger charge is -2.13. The monoisotopic (exact) mass is 380 g/mol. The van der Waals surface area contributed by atoms with Gasteiger partial charge in [-0.2, -0.15) is 0 Å². The molecule has 1 aromatic heterocycles. The molecular weight excluding hydrogens is 364 g/mol. The highest BCUT2D eigenvalue weighted by Crippen LogP contribution is 2.34. The van der Waals surface area contributed by atoms with Gasteiger partial charge in [-0.3, -0.25) is 4.79 Å². The van der Waals surface area contributed by atoms with Gasteiger partial charge >= 0.3 is 0 Å². The normalized spacial score (nSPS) is 12.5. The smallest absolute Gasteiger partial charge is 0.147 e. The van der Waals surface area contributed by atoms with Crippen molar-refractivity contribution in [3.63, 3.8) is 0 Å². The maximum Gasteiger partial charge on any atom is 0.147 e. The summed E-state index contributed by atoms with van der Waals surface area (Å²) in [5.41, 5.74) is 1.82. The molecule has 0 aliphatic heterocycles. The van der Waals surface area contributed by atoms with Crippen molar-refractivity contribution in [3.8, 4) is 0 Å². The van der Waals surface area contributed by atoms with E-state index in [1.54, 1.807) is 11.3 Å². The average molecular weight is 381 g/mol. The number of carbonyl (C=O) groups is 1. The summed E-state index contributed by atoms with van der Waals surface area (Å²) in [5.74, 6) is -0.517. The van der Waals surface area contributed by atoms with Gasteiger partial charge in [-0.15, -0.1) is 11.3 Å². The predicted octanol–water partition coefficient (Wildman–Crippen LogP) is 5.60. The van der Waals surface area contributed by atoms with Gasteiger partial charge in [0.25, 0.3) is 0 Å². The Morgan fingerprint density at radius 3 is 2.65 bits per heavy atom. The maximum absolute atomic E-state index is 12.9. The molecule has 3 aromatic carbocycles. The third-order valence-corrected chi connectivity index (χ3v) is 5.92. The highest BCUT2D eigenvalue weighted by atomic mass is 35.5. The fourth-order valence-electron chi connectivity index (χ4n) is 3.34. The second kappa shape index (κ2) is 7.20. The number of aliphatic hydroxyl groups excluding tert-OH is 1. The number of hydrogen-bond donors (Lipinski definition) is 1. The van der Waals surface area contributed by atoms with Gasteiger partial charge in [0.05, 0.1) is 12.5 Å². The van der Waals surface area contributed by atoms with Crippen molar-refractivity contribution in [2.24, 2.45) is 0 Å². The molecule has 0 radical (unpaired) electrons. The number of halogens is 1. The molecular formula is C22H17ClO2S. The van der Waals surface area contributed by atoms with Gasteiger partial charge in [0.1, 0.15) is 5.78 Å². The number of hydrogen-bond acceptors (Lipinski definition) is 3. The van der Waals surface area contributed by atoms with Crippen LogP contribution in [0.4, 0.5) is 0 Å². The maximum atomic E-state index is 12.9. The molecule has 1 atom stereocenters. The Morgan fingerprint density at radius 1 is 1.04 bits per heavy atom. The number of aliphatic hydroxyl groups is 1. The Labute approximate surface area is 160 Å². The fourth-order valence-corrected chi connectivity index (χ4v) is 4.51. The molecule has 1 heterocycles. The largest absolute Gasteiger partial charge is 0.395 e. The number of rotatable bonds is 5. The second-order valence-corrected chi connectivity index (χ2v) is 7.74. The molecule has 0 aliphatic carbocycles. The highest BCUT2D eigenvalue weighted by molar-refractivity contribution is 7.17. The van der Waals surface area contributed by atoms with E-state index in [9.17, 15) is 9.90 Å². The SMILES string of the molecule is O=C(Cc1ccc2ccccc2c1)C(CO)c1csc2ccc(Cl)cc12. The van der Waals surface area contributed by atoms with Crippen LogP contribution in [0.5, 0.6) is 0 Å². The summed E-state index contributed by atoms with van der Waals surface area (Å²) in [6.45, 7) is -0.204. The molecule has 4 heteroatoms. The summed E-state index contributed by atoms with van der Waals surface area (Å²) < 4.78 is 1.07. The molecule has 1 unspecified atom stereocenters. The van der Waals surface area contributed by atoms with Crippen LogP contribution in [0, 0.1) is 0 Å². The van der Waals surface area contributed by atoms with Crippen molar-refractivity contribution in [2.45, 2.75) is 12.3 Å². The summed E-state index contributed by atoms with van der Waals surface area (Å²) in [7, 11) is 0. The van der Waals surface area contributed by atoms with E-state index in [-0.39, 0.29) is 12.4 Å². The number of thiophene rings is 1. The number of benzene rings is 3. The first-order chi connectivity index (χ1) is 12.7. The van der Waals surface area contributed by atoms with E-state index in [1.807, 2.05) is 60.0 Å². The highest BCUT2D eigenvalue weighted by Gasteiger charge is 2.23. The molecule has 0 spiro atoms. The minimum Gasteiger partial charge on any atom is -0.395 e. The first-order valence-electron chi connectivity index (χ1n) is 8.43. The summed E-state index contributed by atoms with van der Waals surface area (Å²) in [6.07, 6.45) is 0.300. The fraction of sp³-hybridized carbons (Fsp3) is 0.136. The van der Waals surface area contributed by atoms with Crippen LogP contribution in [-0.4, -0.2) is 17.5 Å². The van der Waals surface area contributed by atoms with E-state index in [0.29, 0.717) is 11.4 Å². The van der Waals surface area contributed by atoms with Gasteiger partial charge in [0.15, 0.2) is 0 Å². The van der Waals surface area contributed by atoms with E-state index >= 15 is 0 Å². The molecule has 4 rings (SSSR count). The Hall–Kier alpha value is -2.20. The van der Waals surface area contributed by atoms with Crippen LogP contribution in [0.25, 0.3) is 20.9 Å². The summed E-state index contributed by atoms with van der Waals surface area (Å²) in [5, 5.41) is 15.7. The van der Waals surface area contributed by atoms with Gasteiger partial charge < -0.3 is 5.11 Å². The number of carbonyl (C=O) groups excluding carboxylic acids is 1. The van der Waals surface area contributed by atoms with E-state index in [2.05, 4.69) is 6.07 Å². The Bertz CT molecular complexity index is 1100. The van der Waals surface area contributed by atoms with Crippen molar-refractivity contribution in [2.75, 3.05) is 6.61 Å². The first kappa shape index (κ1) is 17.2. The molecule has 0 fully saturated rings. The average Bonchev–Trinajstić information content (AvgIpc) is 3.05. The predicted molar refractivity (Wildman–Crippen MR) is 109 cm³/mol. The van der Waals surface area contributed by atoms with Crippen molar-refractivity contribution < 1.29 is 9.90 Å².